The Morgan fingerprint density at radius 3 is 2.62 bits per heavy atom. The number of rotatable bonds is 7. The first-order valence-corrected chi connectivity index (χ1v) is 7.95. The number of benzene rings is 2. The van der Waals surface area contributed by atoms with Crippen LogP contribution in [0.3, 0.4) is 0 Å². The molecule has 2 rings (SSSR count). The largest absolute Gasteiger partial charge is 0.497 e. The Balaban J connectivity index is 1.97. The van der Waals surface area contributed by atoms with Gasteiger partial charge in [0.1, 0.15) is 5.75 Å². The van der Waals surface area contributed by atoms with E-state index in [2.05, 4.69) is 24.5 Å². The highest BCUT2D eigenvalue weighted by Crippen LogP contribution is 2.19. The number of hydrogen-bond acceptors (Lipinski definition) is 4. The zero-order valence-corrected chi connectivity index (χ0v) is 14.2. The van der Waals surface area contributed by atoms with Crippen molar-refractivity contribution in [1.29, 1.82) is 0 Å². The summed E-state index contributed by atoms with van der Waals surface area (Å²) in [5.74, 6) is 0.164. The Bertz CT molecular complexity index is 686. The van der Waals surface area contributed by atoms with E-state index in [0.717, 1.165) is 11.3 Å². The smallest absolute Gasteiger partial charge is 0.253 e. The number of hydrogen-bond donors (Lipinski definition) is 3. The Hall–Kier alpha value is -2.53. The van der Waals surface area contributed by atoms with E-state index >= 15 is 0 Å². The normalized spacial score (nSPS) is 11.9. The molecular formula is C19H24N2O3. The molecular weight excluding hydrogens is 304 g/mol. The average molecular weight is 328 g/mol. The van der Waals surface area contributed by atoms with Gasteiger partial charge in [0.2, 0.25) is 0 Å². The third-order valence-electron chi connectivity index (χ3n) is 3.51. The summed E-state index contributed by atoms with van der Waals surface area (Å²) in [5, 5.41) is 16.3. The van der Waals surface area contributed by atoms with Crippen molar-refractivity contribution >= 4 is 11.6 Å². The van der Waals surface area contributed by atoms with Gasteiger partial charge in [0, 0.05) is 18.3 Å². The van der Waals surface area contributed by atoms with Crippen LogP contribution in [0.15, 0.2) is 48.5 Å². The maximum Gasteiger partial charge on any atom is 0.253 e. The summed E-state index contributed by atoms with van der Waals surface area (Å²) < 4.78 is 5.11. The van der Waals surface area contributed by atoms with Crippen LogP contribution in [-0.2, 0) is 11.3 Å². The van der Waals surface area contributed by atoms with Crippen molar-refractivity contribution in [2.75, 3.05) is 12.4 Å². The second-order valence-corrected chi connectivity index (χ2v) is 5.90. The Labute approximate surface area is 142 Å². The van der Waals surface area contributed by atoms with E-state index < -0.39 is 12.0 Å². The average Bonchev–Trinajstić information content (AvgIpc) is 2.58. The Morgan fingerprint density at radius 2 is 1.92 bits per heavy atom. The maximum atomic E-state index is 12.2. The van der Waals surface area contributed by atoms with Gasteiger partial charge in [0.15, 0.2) is 6.10 Å². The van der Waals surface area contributed by atoms with Crippen LogP contribution in [0.2, 0.25) is 0 Å². The molecule has 0 heterocycles. The van der Waals surface area contributed by atoms with E-state index in [4.69, 9.17) is 4.74 Å². The van der Waals surface area contributed by atoms with Crippen LogP contribution >= 0.6 is 0 Å². The minimum Gasteiger partial charge on any atom is -0.497 e. The third-order valence-corrected chi connectivity index (χ3v) is 3.51. The molecule has 128 valence electrons. The van der Waals surface area contributed by atoms with Crippen molar-refractivity contribution in [2.24, 2.45) is 0 Å². The molecule has 0 aliphatic heterocycles. The summed E-state index contributed by atoms with van der Waals surface area (Å²) in [7, 11) is 1.55. The molecule has 0 saturated carbocycles. The topological polar surface area (TPSA) is 70.6 Å². The van der Waals surface area contributed by atoms with Crippen molar-refractivity contribution in [1.82, 2.24) is 5.32 Å². The molecule has 1 atom stereocenters. The van der Waals surface area contributed by atoms with Gasteiger partial charge in [-0.3, -0.25) is 4.79 Å². The van der Waals surface area contributed by atoms with E-state index in [1.54, 1.807) is 31.4 Å². The van der Waals surface area contributed by atoms with Crippen molar-refractivity contribution in [3.8, 4) is 5.75 Å². The molecule has 1 unspecified atom stereocenters. The third kappa shape index (κ3) is 4.99. The number of carbonyl (C=O) groups excluding carboxylic acids is 1. The van der Waals surface area contributed by atoms with Gasteiger partial charge < -0.3 is 20.5 Å². The number of ether oxygens (including phenoxy) is 1. The van der Waals surface area contributed by atoms with Crippen molar-refractivity contribution in [3.63, 3.8) is 0 Å². The molecule has 5 heteroatoms. The second-order valence-electron chi connectivity index (χ2n) is 5.90. The molecule has 5 nitrogen and oxygen atoms in total. The number of amides is 1. The number of carbonyl (C=O) groups is 1. The molecule has 24 heavy (non-hydrogen) atoms. The number of methoxy groups -OCH3 is 1. The van der Waals surface area contributed by atoms with Crippen molar-refractivity contribution in [3.05, 3.63) is 59.7 Å². The number of nitrogens with one attached hydrogen (secondary N) is 2. The summed E-state index contributed by atoms with van der Waals surface area (Å²) in [6.45, 7) is 4.49. The maximum absolute atomic E-state index is 12.2. The molecule has 0 aliphatic carbocycles. The molecule has 0 aromatic heterocycles. The molecule has 0 radical (unpaired) electrons. The first kappa shape index (κ1) is 17.8. The summed E-state index contributed by atoms with van der Waals surface area (Å²) in [6, 6.07) is 15.0. The first-order chi connectivity index (χ1) is 11.5. The van der Waals surface area contributed by atoms with E-state index in [-0.39, 0.29) is 0 Å². The van der Waals surface area contributed by atoms with Crippen LogP contribution in [0, 0.1) is 0 Å². The van der Waals surface area contributed by atoms with Crippen LogP contribution in [0.5, 0.6) is 5.75 Å². The van der Waals surface area contributed by atoms with Gasteiger partial charge in [-0.15, -0.1) is 0 Å². The highest BCUT2D eigenvalue weighted by atomic mass is 16.5. The van der Waals surface area contributed by atoms with Crippen molar-refractivity contribution in [2.45, 2.75) is 32.5 Å². The Morgan fingerprint density at radius 1 is 1.17 bits per heavy atom. The predicted octanol–water partition coefficient (Wildman–Crippen LogP) is 2.87. The zero-order chi connectivity index (χ0) is 17.5. The second kappa shape index (κ2) is 8.36. The summed E-state index contributed by atoms with van der Waals surface area (Å²) in [5.41, 5.74) is 2.47. The van der Waals surface area contributed by atoms with Crippen LogP contribution < -0.4 is 15.4 Å². The minimum absolute atomic E-state index is 0.338. The monoisotopic (exact) mass is 328 g/mol. The zero-order valence-electron chi connectivity index (χ0n) is 14.2. The van der Waals surface area contributed by atoms with Crippen molar-refractivity contribution < 1.29 is 14.6 Å². The van der Waals surface area contributed by atoms with Gasteiger partial charge in [-0.2, -0.15) is 0 Å². The highest BCUT2D eigenvalue weighted by molar-refractivity contribution is 5.82. The van der Waals surface area contributed by atoms with E-state index in [1.807, 2.05) is 24.3 Å². The van der Waals surface area contributed by atoms with Gasteiger partial charge in [-0.1, -0.05) is 24.3 Å². The molecule has 1 amide bonds. The molecule has 0 spiro atoms. The highest BCUT2D eigenvalue weighted by Gasteiger charge is 2.17. The van der Waals surface area contributed by atoms with Crippen LogP contribution in [-0.4, -0.2) is 24.2 Å². The predicted molar refractivity (Wildman–Crippen MR) is 95.0 cm³/mol. The lowest BCUT2D eigenvalue weighted by Crippen LogP contribution is -2.28. The lowest BCUT2D eigenvalue weighted by atomic mass is 10.1. The summed E-state index contributed by atoms with van der Waals surface area (Å²) in [4.78, 5) is 12.2. The van der Waals surface area contributed by atoms with E-state index in [1.165, 1.54) is 0 Å². The number of aliphatic hydroxyl groups excluding tert-OH is 1. The van der Waals surface area contributed by atoms with Crippen LogP contribution in [0.1, 0.15) is 31.1 Å². The molecule has 2 aromatic carbocycles. The van der Waals surface area contributed by atoms with Gasteiger partial charge in [-0.25, -0.2) is 0 Å². The Kier molecular flexibility index (Phi) is 6.21. The molecule has 3 N–H and O–H groups in total. The van der Waals surface area contributed by atoms with Gasteiger partial charge in [0.25, 0.3) is 5.91 Å². The standard InChI is InChI=1S/C19H24N2O3/c1-13(2)21-16-8-4-6-14(10-16)12-20-19(23)18(22)15-7-5-9-17(11-15)24-3/h4-11,13,18,21-22H,12H2,1-3H3,(H,20,23). The number of anilines is 1. The molecule has 2 aromatic rings. The number of aliphatic hydroxyl groups is 1. The summed E-state index contributed by atoms with van der Waals surface area (Å²) in [6.07, 6.45) is -1.22. The van der Waals surface area contributed by atoms with E-state index in [9.17, 15) is 9.90 Å². The van der Waals surface area contributed by atoms with E-state index in [0.29, 0.717) is 23.9 Å². The summed E-state index contributed by atoms with van der Waals surface area (Å²) >= 11 is 0. The fourth-order valence-corrected chi connectivity index (χ4v) is 2.35. The fourth-order valence-electron chi connectivity index (χ4n) is 2.35. The fraction of sp³-hybridized carbons (Fsp3) is 0.316. The molecule has 0 saturated heterocycles. The molecule has 0 bridgehead atoms. The lowest BCUT2D eigenvalue weighted by molar-refractivity contribution is -0.129. The lowest BCUT2D eigenvalue weighted by Gasteiger charge is -2.14. The molecule has 0 fully saturated rings. The van der Waals surface area contributed by atoms with Gasteiger partial charge in [-0.05, 0) is 49.2 Å². The SMILES string of the molecule is COc1cccc(C(O)C(=O)NCc2cccc(NC(C)C)c2)c1. The van der Waals surface area contributed by atoms with Crippen LogP contribution in [0.4, 0.5) is 5.69 Å². The van der Waals surface area contributed by atoms with Gasteiger partial charge >= 0.3 is 0 Å². The van der Waals surface area contributed by atoms with Crippen LogP contribution in [0.25, 0.3) is 0 Å². The minimum atomic E-state index is -1.22. The molecule has 0 aliphatic rings. The van der Waals surface area contributed by atoms with Gasteiger partial charge in [0.05, 0.1) is 7.11 Å². The quantitative estimate of drug-likeness (QED) is 0.731. The first-order valence-electron chi connectivity index (χ1n) is 7.95.